The molecule has 0 amide bonds. The van der Waals surface area contributed by atoms with Gasteiger partial charge in [0.05, 0.1) is 11.2 Å². The van der Waals surface area contributed by atoms with Crippen molar-refractivity contribution in [1.82, 2.24) is 9.97 Å². The molecule has 1 fully saturated rings. The van der Waals surface area contributed by atoms with Gasteiger partial charge in [-0.15, -0.1) is 0 Å². The van der Waals surface area contributed by atoms with E-state index in [-0.39, 0.29) is 5.65 Å². The number of pyridine rings is 1. The number of hydrogen-bond acceptors (Lipinski definition) is 3. The summed E-state index contributed by atoms with van der Waals surface area (Å²) in [4.78, 5) is 6.25. The van der Waals surface area contributed by atoms with Gasteiger partial charge in [-0.1, -0.05) is 0 Å². The molecule has 0 unspecified atom stereocenters. The van der Waals surface area contributed by atoms with Crippen LogP contribution in [0.2, 0.25) is 0 Å². The number of aromatic amines is 1. The van der Waals surface area contributed by atoms with Gasteiger partial charge in [0.25, 0.3) is 0 Å². The zero-order chi connectivity index (χ0) is 16.3. The summed E-state index contributed by atoms with van der Waals surface area (Å²) in [5.41, 5.74) is -1.25. The Bertz CT molecular complexity index is 708. The van der Waals surface area contributed by atoms with Gasteiger partial charge >= 0.3 is 13.3 Å². The van der Waals surface area contributed by atoms with Gasteiger partial charge < -0.3 is 14.3 Å². The van der Waals surface area contributed by atoms with Crippen molar-refractivity contribution in [3.63, 3.8) is 0 Å². The zero-order valence-electron chi connectivity index (χ0n) is 12.7. The summed E-state index contributed by atoms with van der Waals surface area (Å²) in [6.07, 6.45) is -3.01. The molecular formula is C14H16BF3N2O2. The highest BCUT2D eigenvalue weighted by atomic mass is 19.4. The van der Waals surface area contributed by atoms with E-state index in [0.717, 1.165) is 6.07 Å². The summed E-state index contributed by atoms with van der Waals surface area (Å²) < 4.78 is 50.4. The van der Waals surface area contributed by atoms with Gasteiger partial charge in [-0.25, -0.2) is 4.98 Å². The lowest BCUT2D eigenvalue weighted by Crippen LogP contribution is -2.41. The fourth-order valence-electron chi connectivity index (χ4n) is 2.38. The van der Waals surface area contributed by atoms with E-state index in [9.17, 15) is 13.2 Å². The maximum atomic E-state index is 12.9. The molecule has 3 rings (SSSR count). The summed E-state index contributed by atoms with van der Waals surface area (Å²) in [7, 11) is -0.729. The van der Waals surface area contributed by atoms with E-state index < -0.39 is 30.2 Å². The topological polar surface area (TPSA) is 47.1 Å². The second-order valence-electron chi connectivity index (χ2n) is 6.43. The summed E-state index contributed by atoms with van der Waals surface area (Å²) in [5, 5.41) is 0.355. The Hall–Kier alpha value is -1.54. The van der Waals surface area contributed by atoms with Crippen molar-refractivity contribution in [1.29, 1.82) is 0 Å². The Labute approximate surface area is 126 Å². The Morgan fingerprint density at radius 2 is 1.73 bits per heavy atom. The van der Waals surface area contributed by atoms with Crippen molar-refractivity contribution in [3.8, 4) is 0 Å². The van der Waals surface area contributed by atoms with Crippen molar-refractivity contribution in [2.45, 2.75) is 45.1 Å². The third-order valence-corrected chi connectivity index (χ3v) is 4.38. The van der Waals surface area contributed by atoms with Crippen LogP contribution in [0, 0.1) is 0 Å². The number of rotatable bonds is 1. The Morgan fingerprint density at radius 3 is 2.27 bits per heavy atom. The molecule has 0 atom stereocenters. The first kappa shape index (κ1) is 15.4. The highest BCUT2D eigenvalue weighted by Gasteiger charge is 2.52. The van der Waals surface area contributed by atoms with Crippen molar-refractivity contribution in [3.05, 3.63) is 24.0 Å². The van der Waals surface area contributed by atoms with Crippen LogP contribution in [-0.4, -0.2) is 28.3 Å². The third-order valence-electron chi connectivity index (χ3n) is 4.38. The highest BCUT2D eigenvalue weighted by molar-refractivity contribution is 6.65. The number of halogens is 3. The van der Waals surface area contributed by atoms with Crippen LogP contribution in [0.1, 0.15) is 33.4 Å². The van der Waals surface area contributed by atoms with E-state index in [1.807, 2.05) is 27.7 Å². The van der Waals surface area contributed by atoms with Crippen molar-refractivity contribution in [2.75, 3.05) is 0 Å². The molecule has 1 aliphatic heterocycles. The Balaban J connectivity index is 2.07. The smallest absolute Gasteiger partial charge is 0.399 e. The molecule has 0 aliphatic carbocycles. The van der Waals surface area contributed by atoms with E-state index in [0.29, 0.717) is 10.8 Å². The van der Waals surface area contributed by atoms with Crippen LogP contribution < -0.4 is 5.46 Å². The second kappa shape index (κ2) is 4.49. The molecule has 0 spiro atoms. The van der Waals surface area contributed by atoms with Gasteiger partial charge in [-0.2, -0.15) is 13.2 Å². The van der Waals surface area contributed by atoms with Crippen LogP contribution in [0.3, 0.4) is 0 Å². The van der Waals surface area contributed by atoms with Crippen LogP contribution in [0.5, 0.6) is 0 Å². The van der Waals surface area contributed by atoms with Crippen molar-refractivity contribution in [2.24, 2.45) is 0 Å². The van der Waals surface area contributed by atoms with E-state index in [2.05, 4.69) is 9.97 Å². The monoisotopic (exact) mass is 312 g/mol. The summed E-state index contributed by atoms with van der Waals surface area (Å²) in [6, 6.07) is 2.67. The van der Waals surface area contributed by atoms with Crippen LogP contribution in [-0.2, 0) is 15.5 Å². The molecule has 0 bridgehead atoms. The Morgan fingerprint density at radius 1 is 1.14 bits per heavy atom. The molecule has 22 heavy (non-hydrogen) atoms. The standard InChI is InChI=1S/C14H16BF3N2O2/c1-12(2)13(3,4)22-15(21-12)9-5-6-19-11-8(9)7-10(20-11)14(16,17)18/h5-7H,1-4H3,(H,19,20). The lowest BCUT2D eigenvalue weighted by atomic mass is 9.78. The van der Waals surface area contributed by atoms with Crippen molar-refractivity contribution >= 4 is 23.6 Å². The number of alkyl halides is 3. The second-order valence-corrected chi connectivity index (χ2v) is 6.43. The molecule has 8 heteroatoms. The van der Waals surface area contributed by atoms with Crippen molar-refractivity contribution < 1.29 is 22.5 Å². The lowest BCUT2D eigenvalue weighted by molar-refractivity contribution is -0.140. The number of aromatic nitrogens is 2. The molecule has 0 radical (unpaired) electrons. The quantitative estimate of drug-likeness (QED) is 0.824. The maximum absolute atomic E-state index is 12.9. The molecule has 118 valence electrons. The van der Waals surface area contributed by atoms with Gasteiger partial charge in [0.1, 0.15) is 11.3 Å². The Kier molecular flexibility index (Phi) is 3.13. The molecular weight excluding hydrogens is 296 g/mol. The molecule has 0 saturated carbocycles. The summed E-state index contributed by atoms with van der Waals surface area (Å²) in [5.74, 6) is 0. The summed E-state index contributed by atoms with van der Waals surface area (Å²) >= 11 is 0. The average Bonchev–Trinajstić information content (AvgIpc) is 2.88. The highest BCUT2D eigenvalue weighted by Crippen LogP contribution is 2.37. The molecule has 2 aromatic heterocycles. The normalized spacial score (nSPS) is 20.8. The van der Waals surface area contributed by atoms with Gasteiger partial charge in [-0.3, -0.25) is 0 Å². The van der Waals surface area contributed by atoms with Gasteiger partial charge in [-0.05, 0) is 45.3 Å². The van der Waals surface area contributed by atoms with Gasteiger partial charge in [0, 0.05) is 11.6 Å². The van der Waals surface area contributed by atoms with E-state index in [1.165, 1.54) is 6.20 Å². The molecule has 0 aromatic carbocycles. The van der Waals surface area contributed by atoms with E-state index in [1.54, 1.807) is 6.07 Å². The molecule has 1 aliphatic rings. The molecule has 1 N–H and O–H groups in total. The molecule has 3 heterocycles. The SMILES string of the molecule is CC1(C)OB(c2ccnc3[nH]c(C(F)(F)F)cc23)OC1(C)C. The number of nitrogens with zero attached hydrogens (tertiary/aromatic N) is 1. The lowest BCUT2D eigenvalue weighted by Gasteiger charge is -2.32. The van der Waals surface area contributed by atoms with Gasteiger partial charge in [0.2, 0.25) is 0 Å². The van der Waals surface area contributed by atoms with Crippen LogP contribution in [0.4, 0.5) is 13.2 Å². The minimum Gasteiger partial charge on any atom is -0.399 e. The zero-order valence-corrected chi connectivity index (χ0v) is 12.7. The number of nitrogens with one attached hydrogen (secondary N) is 1. The molecule has 2 aromatic rings. The predicted molar refractivity (Wildman–Crippen MR) is 76.8 cm³/mol. The number of hydrogen-bond donors (Lipinski definition) is 1. The third kappa shape index (κ3) is 2.30. The number of fused-ring (bicyclic) bond motifs is 1. The predicted octanol–water partition coefficient (Wildman–Crippen LogP) is 2.88. The van der Waals surface area contributed by atoms with Crippen LogP contribution >= 0.6 is 0 Å². The first-order valence-electron chi connectivity index (χ1n) is 6.92. The first-order valence-corrected chi connectivity index (χ1v) is 6.92. The van der Waals surface area contributed by atoms with Crippen LogP contribution in [0.15, 0.2) is 18.3 Å². The van der Waals surface area contributed by atoms with E-state index >= 15 is 0 Å². The van der Waals surface area contributed by atoms with Gasteiger partial charge in [0.15, 0.2) is 0 Å². The minimum absolute atomic E-state index is 0.166. The number of H-pyrrole nitrogens is 1. The average molecular weight is 312 g/mol. The van der Waals surface area contributed by atoms with E-state index in [4.69, 9.17) is 9.31 Å². The van der Waals surface area contributed by atoms with Crippen LogP contribution in [0.25, 0.3) is 11.0 Å². The maximum Gasteiger partial charge on any atom is 0.495 e. The minimum atomic E-state index is -4.45. The first-order chi connectivity index (χ1) is 10.0. The molecule has 4 nitrogen and oxygen atoms in total. The summed E-state index contributed by atoms with van der Waals surface area (Å²) in [6.45, 7) is 7.57. The largest absolute Gasteiger partial charge is 0.495 e. The molecule has 1 saturated heterocycles. The fraction of sp³-hybridized carbons (Fsp3) is 0.500. The fourth-order valence-corrected chi connectivity index (χ4v) is 2.38.